The number of hydrogen-bond acceptors (Lipinski definition) is 2. The van der Waals surface area contributed by atoms with Gasteiger partial charge in [0, 0.05) is 28.5 Å². The van der Waals surface area contributed by atoms with Crippen LogP contribution in [-0.4, -0.2) is 27.6 Å². The Morgan fingerprint density at radius 1 is 0.812 bits per heavy atom. The summed E-state index contributed by atoms with van der Waals surface area (Å²) in [5, 5.41) is 19.5. The second kappa shape index (κ2) is 5.07. The van der Waals surface area contributed by atoms with Crippen molar-refractivity contribution in [3.8, 4) is 22.6 Å². The quantitative estimate of drug-likeness (QED) is 0.735. The molecule has 2 nitrogen and oxygen atoms in total. The summed E-state index contributed by atoms with van der Waals surface area (Å²) >= 11 is 0. The Kier molecular flexibility index (Phi) is 4.00. The van der Waals surface area contributed by atoms with Crippen molar-refractivity contribution in [2.45, 2.75) is 6.92 Å². The molecule has 0 spiro atoms. The molecule has 2 N–H and O–H groups in total. The molecule has 0 bridgehead atoms. The van der Waals surface area contributed by atoms with Gasteiger partial charge >= 0.3 is 0 Å². The standard InChI is InChI=1S/C13H12O2.Al/c1-9-5-4-8-12(15)13(9)10-6-2-3-7-11(10)14;/h2-8,14-15H,1H3;. The van der Waals surface area contributed by atoms with Gasteiger partial charge in [0.15, 0.2) is 0 Å². The van der Waals surface area contributed by atoms with E-state index in [2.05, 4.69) is 0 Å². The van der Waals surface area contributed by atoms with E-state index in [1.54, 1.807) is 30.3 Å². The summed E-state index contributed by atoms with van der Waals surface area (Å²) in [5.41, 5.74) is 2.29. The molecule has 0 saturated heterocycles. The highest BCUT2D eigenvalue weighted by Crippen LogP contribution is 2.37. The van der Waals surface area contributed by atoms with Crippen molar-refractivity contribution in [3.05, 3.63) is 48.0 Å². The molecule has 0 aliphatic rings. The second-order valence-electron chi connectivity index (χ2n) is 3.49. The molecule has 3 heteroatoms. The lowest BCUT2D eigenvalue weighted by atomic mass is 9.99. The van der Waals surface area contributed by atoms with Gasteiger partial charge in [-0.1, -0.05) is 30.3 Å². The highest BCUT2D eigenvalue weighted by Gasteiger charge is 2.10. The first-order chi connectivity index (χ1) is 7.20. The van der Waals surface area contributed by atoms with Crippen LogP contribution < -0.4 is 0 Å². The summed E-state index contributed by atoms with van der Waals surface area (Å²) in [6, 6.07) is 12.3. The third-order valence-corrected chi connectivity index (χ3v) is 2.42. The van der Waals surface area contributed by atoms with Gasteiger partial charge < -0.3 is 10.2 Å². The van der Waals surface area contributed by atoms with Crippen molar-refractivity contribution in [1.29, 1.82) is 0 Å². The summed E-state index contributed by atoms with van der Waals surface area (Å²) in [6.45, 7) is 1.90. The molecule has 0 aliphatic heterocycles. The number of aromatic hydroxyl groups is 2. The molecule has 0 aromatic heterocycles. The highest BCUT2D eigenvalue weighted by atomic mass is 27.0. The van der Waals surface area contributed by atoms with E-state index in [0.717, 1.165) is 5.56 Å². The Morgan fingerprint density at radius 2 is 1.44 bits per heavy atom. The Bertz CT molecular complexity index is 475. The normalized spacial score (nSPS) is 9.56. The maximum atomic E-state index is 9.76. The van der Waals surface area contributed by atoms with Gasteiger partial charge in [0.1, 0.15) is 11.5 Å². The number of aryl methyl sites for hydroxylation is 1. The fourth-order valence-corrected chi connectivity index (χ4v) is 1.69. The predicted octanol–water partition coefficient (Wildman–Crippen LogP) is 2.69. The van der Waals surface area contributed by atoms with Gasteiger partial charge in [-0.15, -0.1) is 0 Å². The SMILES string of the molecule is Cc1cccc(O)c1-c1ccccc1O.[Al]. The molecule has 0 unspecified atom stereocenters. The van der Waals surface area contributed by atoms with E-state index in [1.807, 2.05) is 19.1 Å². The van der Waals surface area contributed by atoms with E-state index in [-0.39, 0.29) is 28.9 Å². The van der Waals surface area contributed by atoms with Crippen LogP contribution in [0.3, 0.4) is 0 Å². The molecular weight excluding hydrogens is 215 g/mol. The zero-order valence-corrected chi connectivity index (χ0v) is 10.2. The van der Waals surface area contributed by atoms with E-state index < -0.39 is 0 Å². The van der Waals surface area contributed by atoms with Crippen LogP contribution >= 0.6 is 0 Å². The Balaban J connectivity index is 0.00000128. The molecule has 3 radical (unpaired) electrons. The Labute approximate surface area is 105 Å². The van der Waals surface area contributed by atoms with Gasteiger partial charge in [-0.3, -0.25) is 0 Å². The molecule has 0 heterocycles. The van der Waals surface area contributed by atoms with E-state index in [1.165, 1.54) is 0 Å². The number of phenols is 2. The molecule has 2 aromatic carbocycles. The molecule has 2 rings (SSSR count). The summed E-state index contributed by atoms with van der Waals surface area (Å²) in [5.74, 6) is 0.374. The topological polar surface area (TPSA) is 40.5 Å². The Morgan fingerprint density at radius 3 is 2.06 bits per heavy atom. The largest absolute Gasteiger partial charge is 0.507 e. The molecule has 16 heavy (non-hydrogen) atoms. The van der Waals surface area contributed by atoms with Gasteiger partial charge in [-0.25, -0.2) is 0 Å². The Hall–Kier alpha value is -1.43. The minimum atomic E-state index is 0. The summed E-state index contributed by atoms with van der Waals surface area (Å²) in [4.78, 5) is 0. The van der Waals surface area contributed by atoms with E-state index in [4.69, 9.17) is 0 Å². The lowest BCUT2D eigenvalue weighted by Crippen LogP contribution is -1.84. The van der Waals surface area contributed by atoms with Crippen LogP contribution in [0.1, 0.15) is 5.56 Å². The predicted molar refractivity (Wildman–Crippen MR) is 65.7 cm³/mol. The molecular formula is C13H12AlO2. The first kappa shape index (κ1) is 12.6. The van der Waals surface area contributed by atoms with Crippen LogP contribution in [0.25, 0.3) is 11.1 Å². The van der Waals surface area contributed by atoms with Gasteiger partial charge in [0.25, 0.3) is 0 Å². The molecule has 0 atom stereocenters. The number of benzene rings is 2. The number of rotatable bonds is 1. The maximum absolute atomic E-state index is 9.76. The van der Waals surface area contributed by atoms with Gasteiger partial charge in [0.2, 0.25) is 0 Å². The summed E-state index contributed by atoms with van der Waals surface area (Å²) < 4.78 is 0. The number of phenolic OH excluding ortho intramolecular Hbond substituents is 2. The van der Waals surface area contributed by atoms with Crippen molar-refractivity contribution in [2.24, 2.45) is 0 Å². The van der Waals surface area contributed by atoms with Gasteiger partial charge in [-0.2, -0.15) is 0 Å². The van der Waals surface area contributed by atoms with Crippen LogP contribution in [0.2, 0.25) is 0 Å². The molecule has 2 aromatic rings. The maximum Gasteiger partial charge on any atom is 0.123 e. The lowest BCUT2D eigenvalue weighted by Gasteiger charge is -2.09. The summed E-state index contributed by atoms with van der Waals surface area (Å²) in [7, 11) is 0. The van der Waals surface area contributed by atoms with Crippen molar-refractivity contribution < 1.29 is 10.2 Å². The average Bonchev–Trinajstić information content (AvgIpc) is 2.20. The number of hydrogen-bond donors (Lipinski definition) is 2. The van der Waals surface area contributed by atoms with Gasteiger partial charge in [0.05, 0.1) is 0 Å². The molecule has 0 amide bonds. The van der Waals surface area contributed by atoms with Crippen molar-refractivity contribution in [2.75, 3.05) is 0 Å². The minimum Gasteiger partial charge on any atom is -0.507 e. The van der Waals surface area contributed by atoms with E-state index >= 15 is 0 Å². The van der Waals surface area contributed by atoms with Crippen LogP contribution in [0.5, 0.6) is 11.5 Å². The first-order valence-corrected chi connectivity index (χ1v) is 4.77. The van der Waals surface area contributed by atoms with Crippen LogP contribution in [0.4, 0.5) is 0 Å². The average molecular weight is 227 g/mol. The zero-order chi connectivity index (χ0) is 10.8. The van der Waals surface area contributed by atoms with Crippen molar-refractivity contribution in [1.82, 2.24) is 0 Å². The number of para-hydroxylation sites is 1. The fourth-order valence-electron chi connectivity index (χ4n) is 1.69. The molecule has 0 saturated carbocycles. The zero-order valence-electron chi connectivity index (χ0n) is 9.01. The van der Waals surface area contributed by atoms with Crippen molar-refractivity contribution in [3.63, 3.8) is 0 Å². The highest BCUT2D eigenvalue weighted by molar-refractivity contribution is 5.77. The molecule has 0 fully saturated rings. The fraction of sp³-hybridized carbons (Fsp3) is 0.0769. The molecule has 79 valence electrons. The first-order valence-electron chi connectivity index (χ1n) is 4.77. The summed E-state index contributed by atoms with van der Waals surface area (Å²) in [6.07, 6.45) is 0. The van der Waals surface area contributed by atoms with E-state index in [0.29, 0.717) is 11.1 Å². The minimum absolute atomic E-state index is 0. The second-order valence-corrected chi connectivity index (χ2v) is 3.49. The lowest BCUT2D eigenvalue weighted by molar-refractivity contribution is 0.469. The van der Waals surface area contributed by atoms with E-state index in [9.17, 15) is 10.2 Å². The third-order valence-electron chi connectivity index (χ3n) is 2.42. The smallest absolute Gasteiger partial charge is 0.123 e. The van der Waals surface area contributed by atoms with Crippen LogP contribution in [-0.2, 0) is 0 Å². The third kappa shape index (κ3) is 2.21. The molecule has 0 aliphatic carbocycles. The van der Waals surface area contributed by atoms with Crippen LogP contribution in [0.15, 0.2) is 42.5 Å². The van der Waals surface area contributed by atoms with Gasteiger partial charge in [-0.05, 0) is 24.6 Å². The monoisotopic (exact) mass is 227 g/mol. The van der Waals surface area contributed by atoms with Crippen LogP contribution in [0, 0.1) is 6.92 Å². The van der Waals surface area contributed by atoms with Crippen molar-refractivity contribution >= 4 is 17.4 Å².